The topological polar surface area (TPSA) is 75.4 Å². The molecule has 5 nitrogen and oxygen atoms in total. The molecule has 2 aromatic rings. The van der Waals surface area contributed by atoms with Gasteiger partial charge in [0.2, 0.25) is 5.91 Å². The Morgan fingerprint density at radius 3 is 3.09 bits per heavy atom. The van der Waals surface area contributed by atoms with Crippen LogP contribution in [0.1, 0.15) is 18.5 Å². The Morgan fingerprint density at radius 2 is 2.41 bits per heavy atom. The molecule has 7 heteroatoms. The van der Waals surface area contributed by atoms with Gasteiger partial charge in [-0.1, -0.05) is 11.2 Å². The van der Waals surface area contributed by atoms with Gasteiger partial charge < -0.3 is 14.9 Å². The molecule has 2 heterocycles. The van der Waals surface area contributed by atoms with Crippen LogP contribution in [0.2, 0.25) is 0 Å². The summed E-state index contributed by atoms with van der Waals surface area (Å²) < 4.78 is 5.30. The first-order chi connectivity index (χ1) is 10.7. The number of hydrogen-bond acceptors (Lipinski definition) is 6. The fraction of sp³-hybridized carbons (Fsp3) is 0.467. The molecule has 1 aliphatic rings. The lowest BCUT2D eigenvalue weighted by Crippen LogP contribution is -2.33. The third-order valence-corrected chi connectivity index (χ3v) is 5.61. The Bertz CT molecular complexity index is 621. The largest absolute Gasteiger partial charge is 0.396 e. The van der Waals surface area contributed by atoms with E-state index in [1.54, 1.807) is 11.3 Å². The maximum atomic E-state index is 11.8. The second kappa shape index (κ2) is 6.85. The first kappa shape index (κ1) is 15.6. The van der Waals surface area contributed by atoms with E-state index in [0.29, 0.717) is 18.1 Å². The third-order valence-electron chi connectivity index (χ3n) is 3.76. The van der Waals surface area contributed by atoms with Gasteiger partial charge in [-0.05, 0) is 24.3 Å². The Morgan fingerprint density at radius 1 is 1.55 bits per heavy atom. The Balaban J connectivity index is 1.39. The fourth-order valence-electron chi connectivity index (χ4n) is 2.07. The number of nitrogens with one attached hydrogen (secondary N) is 1. The van der Waals surface area contributed by atoms with Crippen molar-refractivity contribution in [3.05, 3.63) is 29.3 Å². The summed E-state index contributed by atoms with van der Waals surface area (Å²) in [4.78, 5) is 12.8. The minimum atomic E-state index is -0.0396. The van der Waals surface area contributed by atoms with E-state index >= 15 is 0 Å². The van der Waals surface area contributed by atoms with Gasteiger partial charge in [-0.3, -0.25) is 4.79 Å². The predicted molar refractivity (Wildman–Crippen MR) is 87.7 cm³/mol. The zero-order chi connectivity index (χ0) is 15.4. The number of aliphatic hydroxyl groups excluding tert-OH is 1. The molecule has 1 aliphatic carbocycles. The average Bonchev–Trinajstić information content (AvgIpc) is 2.93. The van der Waals surface area contributed by atoms with Gasteiger partial charge in [0.05, 0.1) is 22.9 Å². The number of thiophene rings is 1. The van der Waals surface area contributed by atoms with E-state index in [9.17, 15) is 9.90 Å². The summed E-state index contributed by atoms with van der Waals surface area (Å²) in [7, 11) is 0. The molecule has 0 bridgehead atoms. The number of carbonyl (C=O) groups excluding carboxylic acids is 1. The van der Waals surface area contributed by atoms with E-state index in [4.69, 9.17) is 4.52 Å². The minimum absolute atomic E-state index is 0.00620. The van der Waals surface area contributed by atoms with Gasteiger partial charge in [-0.15, -0.1) is 23.1 Å². The summed E-state index contributed by atoms with van der Waals surface area (Å²) in [6.45, 7) is 0.736. The molecule has 0 saturated heterocycles. The number of nitrogens with zero attached hydrogens (tertiary/aromatic N) is 1. The summed E-state index contributed by atoms with van der Waals surface area (Å²) in [6.07, 6.45) is 2.00. The number of hydrogen-bond donors (Lipinski definition) is 2. The van der Waals surface area contributed by atoms with Crippen LogP contribution >= 0.6 is 23.1 Å². The number of rotatable bonds is 8. The molecule has 0 unspecified atom stereocenters. The van der Waals surface area contributed by atoms with E-state index in [1.165, 1.54) is 11.8 Å². The number of aliphatic hydroxyl groups is 1. The SMILES string of the molecule is O=C(CSCc1cc(-c2cccs2)on1)NCC1(CO)CC1. The first-order valence-electron chi connectivity index (χ1n) is 7.16. The van der Waals surface area contributed by atoms with E-state index in [2.05, 4.69) is 10.5 Å². The first-order valence-corrected chi connectivity index (χ1v) is 9.19. The maximum absolute atomic E-state index is 11.8. The second-order valence-electron chi connectivity index (χ2n) is 5.59. The van der Waals surface area contributed by atoms with Crippen molar-refractivity contribution in [3.8, 4) is 10.6 Å². The molecule has 0 atom stereocenters. The molecule has 22 heavy (non-hydrogen) atoms. The van der Waals surface area contributed by atoms with Crippen molar-refractivity contribution >= 4 is 29.0 Å². The second-order valence-corrected chi connectivity index (χ2v) is 7.52. The standard InChI is InChI=1S/C15H18N2O3S2/c18-10-15(3-4-15)9-16-14(19)8-21-7-11-6-12(20-17-11)13-2-1-5-22-13/h1-2,5-6,18H,3-4,7-10H2,(H,16,19). The molecule has 0 aromatic carbocycles. The molecule has 1 fully saturated rings. The summed E-state index contributed by atoms with van der Waals surface area (Å²) in [5.41, 5.74) is 0.803. The van der Waals surface area contributed by atoms with Crippen molar-refractivity contribution in [1.82, 2.24) is 10.5 Å². The molecule has 1 amide bonds. The van der Waals surface area contributed by atoms with Crippen molar-refractivity contribution in [3.63, 3.8) is 0 Å². The quantitative estimate of drug-likeness (QED) is 0.773. The molecule has 0 radical (unpaired) electrons. The van der Waals surface area contributed by atoms with E-state index in [-0.39, 0.29) is 17.9 Å². The van der Waals surface area contributed by atoms with Crippen LogP contribution in [0.15, 0.2) is 28.1 Å². The Labute approximate surface area is 137 Å². The number of aromatic nitrogens is 1. The molecule has 118 valence electrons. The average molecular weight is 338 g/mol. The highest BCUT2D eigenvalue weighted by Crippen LogP contribution is 2.44. The Hall–Kier alpha value is -1.31. The van der Waals surface area contributed by atoms with Crippen LogP contribution in [-0.2, 0) is 10.5 Å². The molecule has 0 aliphatic heterocycles. The van der Waals surface area contributed by atoms with Crippen LogP contribution in [0.25, 0.3) is 10.6 Å². The van der Waals surface area contributed by atoms with Crippen LogP contribution in [0.5, 0.6) is 0 Å². The molecular weight excluding hydrogens is 320 g/mol. The normalized spacial score (nSPS) is 15.7. The van der Waals surface area contributed by atoms with Gasteiger partial charge in [0.25, 0.3) is 0 Å². The number of amides is 1. The monoisotopic (exact) mass is 338 g/mol. The lowest BCUT2D eigenvalue weighted by atomic mass is 10.1. The minimum Gasteiger partial charge on any atom is -0.396 e. The lowest BCUT2D eigenvalue weighted by Gasteiger charge is -2.12. The van der Waals surface area contributed by atoms with Crippen molar-refractivity contribution in [2.24, 2.45) is 5.41 Å². The molecular formula is C15H18N2O3S2. The van der Waals surface area contributed by atoms with Crippen molar-refractivity contribution in [1.29, 1.82) is 0 Å². The smallest absolute Gasteiger partial charge is 0.230 e. The van der Waals surface area contributed by atoms with Crippen LogP contribution in [-0.4, -0.2) is 35.1 Å². The van der Waals surface area contributed by atoms with E-state index < -0.39 is 0 Å². The maximum Gasteiger partial charge on any atom is 0.230 e. The Kier molecular flexibility index (Phi) is 4.85. The highest BCUT2D eigenvalue weighted by Gasteiger charge is 2.41. The zero-order valence-corrected chi connectivity index (χ0v) is 13.7. The van der Waals surface area contributed by atoms with Crippen LogP contribution in [0.4, 0.5) is 0 Å². The lowest BCUT2D eigenvalue weighted by molar-refractivity contribution is -0.118. The molecule has 1 saturated carbocycles. The van der Waals surface area contributed by atoms with Gasteiger partial charge in [-0.25, -0.2) is 0 Å². The van der Waals surface area contributed by atoms with Crippen molar-refractivity contribution < 1.29 is 14.4 Å². The molecule has 2 aromatic heterocycles. The van der Waals surface area contributed by atoms with Crippen LogP contribution < -0.4 is 5.32 Å². The number of carbonyl (C=O) groups is 1. The zero-order valence-electron chi connectivity index (χ0n) is 12.1. The van der Waals surface area contributed by atoms with Gasteiger partial charge in [0, 0.05) is 23.8 Å². The summed E-state index contributed by atoms with van der Waals surface area (Å²) in [6, 6.07) is 5.88. The third kappa shape index (κ3) is 3.91. The summed E-state index contributed by atoms with van der Waals surface area (Å²) in [5, 5.41) is 18.1. The molecule has 3 rings (SSSR count). The predicted octanol–water partition coefficient (Wildman–Crippen LogP) is 2.53. The number of thioether (sulfide) groups is 1. The van der Waals surface area contributed by atoms with E-state index in [1.807, 2.05) is 23.6 Å². The van der Waals surface area contributed by atoms with Crippen LogP contribution in [0.3, 0.4) is 0 Å². The van der Waals surface area contributed by atoms with Crippen LogP contribution in [0, 0.1) is 5.41 Å². The highest BCUT2D eigenvalue weighted by atomic mass is 32.2. The van der Waals surface area contributed by atoms with Gasteiger partial charge >= 0.3 is 0 Å². The van der Waals surface area contributed by atoms with Gasteiger partial charge in [0.1, 0.15) is 0 Å². The molecule has 2 N–H and O–H groups in total. The fourth-order valence-corrected chi connectivity index (χ4v) is 3.48. The van der Waals surface area contributed by atoms with Crippen molar-refractivity contribution in [2.45, 2.75) is 18.6 Å². The highest BCUT2D eigenvalue weighted by molar-refractivity contribution is 7.99. The van der Waals surface area contributed by atoms with Gasteiger partial charge in [-0.2, -0.15) is 0 Å². The van der Waals surface area contributed by atoms with Crippen molar-refractivity contribution in [2.75, 3.05) is 18.9 Å². The summed E-state index contributed by atoms with van der Waals surface area (Å²) >= 11 is 3.12. The molecule has 0 spiro atoms. The van der Waals surface area contributed by atoms with E-state index in [0.717, 1.165) is 29.2 Å². The van der Waals surface area contributed by atoms with Gasteiger partial charge in [0.15, 0.2) is 5.76 Å². The summed E-state index contributed by atoms with van der Waals surface area (Å²) in [5.74, 6) is 1.82.